The molecule has 0 spiro atoms. The Labute approximate surface area is 180 Å². The molecule has 2 aromatic rings. The Morgan fingerprint density at radius 1 is 1.22 bits per heavy atom. The van der Waals surface area contributed by atoms with Gasteiger partial charge in [-0.1, -0.05) is 36.4 Å². The SMILES string of the molecule is C=CC(OS(C)(=O)=O)c1c(C(F)F)nc(C(F)(F)F)c(C(=O)OCC)c1-c1ccccc1. The summed E-state index contributed by atoms with van der Waals surface area (Å²) >= 11 is 0. The van der Waals surface area contributed by atoms with E-state index in [4.69, 9.17) is 8.92 Å². The van der Waals surface area contributed by atoms with Crippen molar-refractivity contribution < 1.29 is 44.1 Å². The molecule has 1 aromatic carbocycles. The first-order valence-electron chi connectivity index (χ1n) is 8.98. The van der Waals surface area contributed by atoms with E-state index in [-0.39, 0.29) is 12.2 Å². The lowest BCUT2D eigenvalue weighted by Gasteiger charge is -2.24. The van der Waals surface area contributed by atoms with Crippen LogP contribution in [-0.2, 0) is 25.2 Å². The van der Waals surface area contributed by atoms with Crippen LogP contribution >= 0.6 is 0 Å². The van der Waals surface area contributed by atoms with Crippen LogP contribution < -0.4 is 0 Å². The van der Waals surface area contributed by atoms with E-state index >= 15 is 0 Å². The van der Waals surface area contributed by atoms with Crippen molar-refractivity contribution >= 4 is 16.1 Å². The number of alkyl halides is 5. The van der Waals surface area contributed by atoms with Crippen molar-refractivity contribution in [2.24, 2.45) is 0 Å². The van der Waals surface area contributed by atoms with Gasteiger partial charge in [0.25, 0.3) is 16.5 Å². The Bertz CT molecular complexity index is 1100. The topological polar surface area (TPSA) is 82.6 Å². The van der Waals surface area contributed by atoms with Crippen molar-refractivity contribution in [2.45, 2.75) is 25.6 Å². The van der Waals surface area contributed by atoms with Crippen LogP contribution in [0.3, 0.4) is 0 Å². The number of nitrogens with zero attached hydrogens (tertiary/aromatic N) is 1. The molecule has 0 N–H and O–H groups in total. The fourth-order valence-electron chi connectivity index (χ4n) is 2.98. The average Bonchev–Trinajstić information content (AvgIpc) is 2.69. The van der Waals surface area contributed by atoms with Gasteiger partial charge in [0.1, 0.15) is 11.8 Å². The molecule has 32 heavy (non-hydrogen) atoms. The molecule has 2 rings (SSSR count). The fraction of sp³-hybridized carbons (Fsp3) is 0.300. The minimum Gasteiger partial charge on any atom is -0.462 e. The summed E-state index contributed by atoms with van der Waals surface area (Å²) in [6.45, 7) is 4.36. The molecule has 1 heterocycles. The highest BCUT2D eigenvalue weighted by atomic mass is 32.2. The van der Waals surface area contributed by atoms with E-state index in [1.54, 1.807) is 0 Å². The van der Waals surface area contributed by atoms with Crippen molar-refractivity contribution in [3.8, 4) is 11.1 Å². The smallest absolute Gasteiger partial charge is 0.434 e. The van der Waals surface area contributed by atoms with Gasteiger partial charge in [0.05, 0.1) is 18.4 Å². The van der Waals surface area contributed by atoms with Crippen LogP contribution in [0.1, 0.15) is 46.8 Å². The van der Waals surface area contributed by atoms with Crippen molar-refractivity contribution in [2.75, 3.05) is 12.9 Å². The molecule has 6 nitrogen and oxygen atoms in total. The third kappa shape index (κ3) is 5.68. The monoisotopic (exact) mass is 479 g/mol. The number of aromatic nitrogens is 1. The average molecular weight is 479 g/mol. The second-order valence-corrected chi connectivity index (χ2v) is 7.95. The van der Waals surface area contributed by atoms with Crippen LogP contribution in [0.2, 0.25) is 0 Å². The number of carbonyl (C=O) groups is 1. The molecule has 0 bridgehead atoms. The van der Waals surface area contributed by atoms with Crippen LogP contribution in [0.5, 0.6) is 0 Å². The number of hydrogen-bond donors (Lipinski definition) is 0. The molecule has 0 amide bonds. The van der Waals surface area contributed by atoms with Gasteiger partial charge in [-0.05, 0) is 12.5 Å². The first-order chi connectivity index (χ1) is 14.8. The molecule has 0 saturated heterocycles. The number of benzene rings is 1. The molecule has 1 aromatic heterocycles. The zero-order valence-electron chi connectivity index (χ0n) is 16.8. The molecule has 12 heteroatoms. The van der Waals surface area contributed by atoms with E-state index in [1.807, 2.05) is 0 Å². The zero-order valence-corrected chi connectivity index (χ0v) is 17.6. The molecule has 0 saturated carbocycles. The van der Waals surface area contributed by atoms with Gasteiger partial charge in [-0.3, -0.25) is 4.18 Å². The summed E-state index contributed by atoms with van der Waals surface area (Å²) in [5.41, 5.74) is -5.93. The lowest BCUT2D eigenvalue weighted by atomic mass is 9.89. The summed E-state index contributed by atoms with van der Waals surface area (Å²) < 4.78 is 102. The van der Waals surface area contributed by atoms with Gasteiger partial charge in [-0.15, -0.1) is 6.58 Å². The van der Waals surface area contributed by atoms with Crippen LogP contribution in [0, 0.1) is 0 Å². The number of hydrogen-bond acceptors (Lipinski definition) is 6. The van der Waals surface area contributed by atoms with Crippen LogP contribution in [0.15, 0.2) is 43.0 Å². The number of esters is 1. The van der Waals surface area contributed by atoms with E-state index in [1.165, 1.54) is 37.3 Å². The lowest BCUT2D eigenvalue weighted by Crippen LogP contribution is -2.23. The van der Waals surface area contributed by atoms with E-state index < -0.39 is 62.9 Å². The van der Waals surface area contributed by atoms with E-state index in [0.29, 0.717) is 6.26 Å². The molecule has 0 aliphatic rings. The van der Waals surface area contributed by atoms with Gasteiger partial charge >= 0.3 is 12.1 Å². The highest BCUT2D eigenvalue weighted by molar-refractivity contribution is 7.86. The maximum Gasteiger partial charge on any atom is 0.434 e. The van der Waals surface area contributed by atoms with Crippen molar-refractivity contribution in [3.05, 3.63) is 65.5 Å². The van der Waals surface area contributed by atoms with Crippen LogP contribution in [0.25, 0.3) is 11.1 Å². The summed E-state index contributed by atoms with van der Waals surface area (Å²) in [7, 11) is -4.29. The number of halogens is 5. The molecular weight excluding hydrogens is 461 g/mol. The Morgan fingerprint density at radius 3 is 2.25 bits per heavy atom. The molecule has 0 aliphatic heterocycles. The largest absolute Gasteiger partial charge is 0.462 e. The van der Waals surface area contributed by atoms with Gasteiger partial charge in [0.15, 0.2) is 5.69 Å². The second kappa shape index (κ2) is 9.74. The Balaban J connectivity index is 3.15. The molecule has 1 atom stereocenters. The Kier molecular flexibility index (Phi) is 7.73. The summed E-state index contributed by atoms with van der Waals surface area (Å²) in [5, 5.41) is 0. The highest BCUT2D eigenvalue weighted by Gasteiger charge is 2.43. The second-order valence-electron chi connectivity index (χ2n) is 6.35. The number of rotatable bonds is 8. The maximum absolute atomic E-state index is 13.9. The first kappa shape index (κ1) is 25.4. The van der Waals surface area contributed by atoms with E-state index in [9.17, 15) is 35.2 Å². The summed E-state index contributed by atoms with van der Waals surface area (Å²) in [4.78, 5) is 15.6. The maximum atomic E-state index is 13.9. The molecule has 0 radical (unpaired) electrons. The summed E-state index contributed by atoms with van der Waals surface area (Å²) in [6, 6.07) is 6.81. The number of carbonyl (C=O) groups excluding carboxylic acids is 1. The van der Waals surface area contributed by atoms with E-state index in [0.717, 1.165) is 6.08 Å². The molecular formula is C20H18F5NO5S. The van der Waals surface area contributed by atoms with Gasteiger partial charge in [0.2, 0.25) is 0 Å². The van der Waals surface area contributed by atoms with Gasteiger partial charge < -0.3 is 4.74 Å². The first-order valence-corrected chi connectivity index (χ1v) is 10.8. The molecule has 174 valence electrons. The standard InChI is InChI=1S/C20H18F5NO5S/c1-4-12(31-32(3,28)29)14-13(11-9-7-6-8-10-11)15(19(27)30-5-2)17(20(23,24)25)26-16(14)18(21)22/h4,6-10,12,18H,1,5H2,2-3H3. The minimum absolute atomic E-state index is 0.0932. The predicted octanol–water partition coefficient (Wildman–Crippen LogP) is 5.09. The third-order valence-electron chi connectivity index (χ3n) is 4.06. The number of ether oxygens (including phenoxy) is 1. The van der Waals surface area contributed by atoms with Gasteiger partial charge in [-0.2, -0.15) is 21.6 Å². The van der Waals surface area contributed by atoms with Crippen molar-refractivity contribution in [1.82, 2.24) is 4.98 Å². The predicted molar refractivity (Wildman–Crippen MR) is 104 cm³/mol. The molecule has 0 fully saturated rings. The van der Waals surface area contributed by atoms with E-state index in [2.05, 4.69) is 11.6 Å². The Hall–Kier alpha value is -2.86. The lowest BCUT2D eigenvalue weighted by molar-refractivity contribution is -0.142. The van der Waals surface area contributed by atoms with Crippen LogP contribution in [0.4, 0.5) is 22.0 Å². The summed E-state index contributed by atoms with van der Waals surface area (Å²) in [6.07, 6.45) is -9.33. The van der Waals surface area contributed by atoms with Crippen molar-refractivity contribution in [1.29, 1.82) is 0 Å². The van der Waals surface area contributed by atoms with Crippen molar-refractivity contribution in [3.63, 3.8) is 0 Å². The van der Waals surface area contributed by atoms with Gasteiger partial charge in [-0.25, -0.2) is 18.6 Å². The summed E-state index contributed by atoms with van der Waals surface area (Å²) in [5.74, 6) is -1.48. The molecule has 1 unspecified atom stereocenters. The Morgan fingerprint density at radius 2 is 1.81 bits per heavy atom. The normalized spacial score (nSPS) is 13.1. The third-order valence-corrected chi connectivity index (χ3v) is 4.62. The minimum atomic E-state index is -5.31. The zero-order chi connectivity index (χ0) is 24.3. The highest BCUT2D eigenvalue weighted by Crippen LogP contribution is 2.44. The van der Waals surface area contributed by atoms with Crippen LogP contribution in [-0.4, -0.2) is 32.2 Å². The number of pyridine rings is 1. The fourth-order valence-corrected chi connectivity index (χ4v) is 3.53. The molecule has 0 aliphatic carbocycles. The van der Waals surface area contributed by atoms with Gasteiger partial charge in [0, 0.05) is 11.1 Å². The quantitative estimate of drug-likeness (QED) is 0.227.